The zero-order chi connectivity index (χ0) is 10.9. The molecule has 0 saturated carbocycles. The number of halogens is 3. The van der Waals surface area contributed by atoms with E-state index >= 15 is 0 Å². The summed E-state index contributed by atoms with van der Waals surface area (Å²) in [6.07, 6.45) is 2.16. The Morgan fingerprint density at radius 2 is 1.40 bits per heavy atom. The molecule has 0 fully saturated rings. The van der Waals surface area contributed by atoms with Gasteiger partial charge in [-0.2, -0.15) is 0 Å². The molecule has 1 radical (unpaired) electrons. The second kappa shape index (κ2) is 3.57. The summed E-state index contributed by atoms with van der Waals surface area (Å²) in [5, 5.41) is 0. The molecule has 0 spiro atoms. The predicted octanol–water partition coefficient (Wildman–Crippen LogP) is 3.78. The lowest BCUT2D eigenvalue weighted by atomic mass is 9.91. The van der Waals surface area contributed by atoms with Crippen molar-refractivity contribution in [3.05, 3.63) is 66.1 Å². The first-order valence-corrected chi connectivity index (χ1v) is 4.46. The lowest BCUT2D eigenvalue weighted by molar-refractivity contribution is 0.290. The topological polar surface area (TPSA) is 0 Å². The van der Waals surface area contributed by atoms with E-state index in [9.17, 15) is 13.2 Å². The second-order valence-corrected chi connectivity index (χ2v) is 3.34. The van der Waals surface area contributed by atoms with Gasteiger partial charge in [0.05, 0.1) is 6.42 Å². The smallest absolute Gasteiger partial charge is 0.178 e. The fourth-order valence-electron chi connectivity index (χ4n) is 1.52. The van der Waals surface area contributed by atoms with Crippen LogP contribution in [0.1, 0.15) is 5.56 Å². The van der Waals surface area contributed by atoms with Crippen molar-refractivity contribution in [2.24, 2.45) is 0 Å². The van der Waals surface area contributed by atoms with Gasteiger partial charge in [-0.1, -0.05) is 30.3 Å². The summed E-state index contributed by atoms with van der Waals surface area (Å²) >= 11 is 0. The normalized spacial score (nSPS) is 19.4. The van der Waals surface area contributed by atoms with E-state index in [4.69, 9.17) is 0 Å². The molecule has 0 aliphatic heterocycles. The highest BCUT2D eigenvalue weighted by Gasteiger charge is 2.32. The molecule has 0 bridgehead atoms. The van der Waals surface area contributed by atoms with E-state index in [-0.39, 0.29) is 5.56 Å². The third kappa shape index (κ3) is 1.96. The molecular formula is C12H8F3. The van der Waals surface area contributed by atoms with Crippen LogP contribution in [-0.4, -0.2) is 0 Å². The zero-order valence-corrected chi connectivity index (χ0v) is 7.75. The van der Waals surface area contributed by atoms with E-state index in [0.29, 0.717) is 6.42 Å². The van der Waals surface area contributed by atoms with Gasteiger partial charge < -0.3 is 0 Å². The van der Waals surface area contributed by atoms with Crippen LogP contribution in [-0.2, 0) is 5.67 Å². The predicted molar refractivity (Wildman–Crippen MR) is 51.9 cm³/mol. The largest absolute Gasteiger partial charge is 0.229 e. The Labute approximate surface area is 85.7 Å². The number of hydrogen-bond donors (Lipinski definition) is 0. The van der Waals surface area contributed by atoms with E-state index in [1.54, 1.807) is 18.2 Å². The number of alkyl halides is 1. The first kappa shape index (κ1) is 10.0. The van der Waals surface area contributed by atoms with Gasteiger partial charge >= 0.3 is 0 Å². The van der Waals surface area contributed by atoms with Crippen LogP contribution in [0.15, 0.2) is 54.1 Å². The summed E-state index contributed by atoms with van der Waals surface area (Å²) in [7, 11) is 0. The Hall–Kier alpha value is -1.51. The van der Waals surface area contributed by atoms with Crippen LogP contribution in [0, 0.1) is 6.42 Å². The van der Waals surface area contributed by atoms with Crippen LogP contribution in [0.3, 0.4) is 0 Å². The zero-order valence-electron chi connectivity index (χ0n) is 7.75. The fourth-order valence-corrected chi connectivity index (χ4v) is 1.52. The van der Waals surface area contributed by atoms with Crippen molar-refractivity contribution in [1.29, 1.82) is 0 Å². The minimum atomic E-state index is -2.19. The maximum absolute atomic E-state index is 14.2. The number of rotatable bonds is 1. The van der Waals surface area contributed by atoms with E-state index in [1.807, 2.05) is 0 Å². The molecule has 1 aliphatic rings. The van der Waals surface area contributed by atoms with Gasteiger partial charge in [-0.3, -0.25) is 0 Å². The molecule has 3 heteroatoms. The Kier molecular flexibility index (Phi) is 2.39. The molecule has 1 aromatic rings. The SMILES string of the molecule is FC1=CC(F)(c2ccccc2)C=C(F)[CH]1. The molecule has 0 unspecified atom stereocenters. The van der Waals surface area contributed by atoms with Crippen molar-refractivity contribution in [2.75, 3.05) is 0 Å². The first-order chi connectivity index (χ1) is 7.10. The van der Waals surface area contributed by atoms with Crippen LogP contribution in [0.2, 0.25) is 0 Å². The van der Waals surface area contributed by atoms with Crippen LogP contribution in [0.25, 0.3) is 0 Å². The average molecular weight is 209 g/mol. The van der Waals surface area contributed by atoms with E-state index in [2.05, 4.69) is 0 Å². The van der Waals surface area contributed by atoms with Gasteiger partial charge in [0, 0.05) is 0 Å². The summed E-state index contributed by atoms with van der Waals surface area (Å²) in [6, 6.07) is 7.92. The van der Waals surface area contributed by atoms with E-state index in [0.717, 1.165) is 12.2 Å². The minimum absolute atomic E-state index is 0.211. The highest BCUT2D eigenvalue weighted by atomic mass is 19.2. The molecule has 0 heterocycles. The summed E-state index contributed by atoms with van der Waals surface area (Å²) in [4.78, 5) is 0. The van der Waals surface area contributed by atoms with Gasteiger partial charge in [0.15, 0.2) is 5.67 Å². The third-order valence-electron chi connectivity index (χ3n) is 2.19. The standard InChI is InChI=1S/C12H8F3/c13-10-6-11(14)8-12(15,7-10)9-4-2-1-3-5-9/h1-8H. The molecule has 77 valence electrons. The van der Waals surface area contributed by atoms with Crippen LogP contribution >= 0.6 is 0 Å². The van der Waals surface area contributed by atoms with Gasteiger partial charge in [-0.25, -0.2) is 13.2 Å². The summed E-state index contributed by atoms with van der Waals surface area (Å²) in [5.41, 5.74) is -1.98. The molecule has 1 aromatic carbocycles. The van der Waals surface area contributed by atoms with Crippen molar-refractivity contribution in [2.45, 2.75) is 5.67 Å². The second-order valence-electron chi connectivity index (χ2n) is 3.34. The number of hydrogen-bond acceptors (Lipinski definition) is 0. The first-order valence-electron chi connectivity index (χ1n) is 4.46. The van der Waals surface area contributed by atoms with Gasteiger partial charge in [0.25, 0.3) is 0 Å². The van der Waals surface area contributed by atoms with E-state index < -0.39 is 17.3 Å². The van der Waals surface area contributed by atoms with Gasteiger partial charge in [0.2, 0.25) is 0 Å². The fraction of sp³-hybridized carbons (Fsp3) is 0.0833. The highest BCUT2D eigenvalue weighted by molar-refractivity contribution is 5.41. The van der Waals surface area contributed by atoms with Gasteiger partial charge in [0.1, 0.15) is 11.7 Å². The van der Waals surface area contributed by atoms with Crippen LogP contribution in [0.4, 0.5) is 13.2 Å². The molecule has 0 nitrogen and oxygen atoms in total. The molecule has 0 aromatic heterocycles. The maximum atomic E-state index is 14.2. The maximum Gasteiger partial charge on any atom is 0.178 e. The Morgan fingerprint density at radius 1 is 0.867 bits per heavy atom. The molecule has 2 rings (SSSR count). The molecule has 0 N–H and O–H groups in total. The minimum Gasteiger partial charge on any atom is -0.229 e. The quantitative estimate of drug-likeness (QED) is 0.660. The molecular weight excluding hydrogens is 201 g/mol. The van der Waals surface area contributed by atoms with Gasteiger partial charge in [-0.05, 0) is 17.7 Å². The summed E-state index contributed by atoms with van der Waals surface area (Å²) < 4.78 is 40.0. The average Bonchev–Trinajstić information content (AvgIpc) is 2.17. The van der Waals surface area contributed by atoms with E-state index in [1.165, 1.54) is 12.1 Å². The Bertz CT molecular complexity index is 400. The Morgan fingerprint density at radius 3 is 1.93 bits per heavy atom. The molecule has 15 heavy (non-hydrogen) atoms. The number of benzene rings is 1. The van der Waals surface area contributed by atoms with Crippen LogP contribution < -0.4 is 0 Å². The molecule has 0 atom stereocenters. The summed E-state index contributed by atoms with van der Waals surface area (Å²) in [5.74, 6) is -1.80. The van der Waals surface area contributed by atoms with Crippen molar-refractivity contribution >= 4 is 0 Å². The summed E-state index contributed by atoms with van der Waals surface area (Å²) in [6.45, 7) is 0. The lowest BCUT2D eigenvalue weighted by Crippen LogP contribution is -2.17. The van der Waals surface area contributed by atoms with Crippen molar-refractivity contribution in [1.82, 2.24) is 0 Å². The van der Waals surface area contributed by atoms with Crippen LogP contribution in [0.5, 0.6) is 0 Å². The van der Waals surface area contributed by atoms with Crippen molar-refractivity contribution in [3.8, 4) is 0 Å². The lowest BCUT2D eigenvalue weighted by Gasteiger charge is -2.21. The van der Waals surface area contributed by atoms with Crippen molar-refractivity contribution in [3.63, 3.8) is 0 Å². The Balaban J connectivity index is 2.46. The molecule has 1 aliphatic carbocycles. The van der Waals surface area contributed by atoms with Crippen molar-refractivity contribution < 1.29 is 13.2 Å². The molecule has 0 amide bonds. The monoisotopic (exact) mass is 209 g/mol. The number of allylic oxidation sites excluding steroid dienone is 4. The third-order valence-corrected chi connectivity index (χ3v) is 2.19. The highest BCUT2D eigenvalue weighted by Crippen LogP contribution is 2.37. The van der Waals surface area contributed by atoms with Gasteiger partial charge in [-0.15, -0.1) is 0 Å². The molecule has 0 saturated heterocycles.